The molecule has 1 unspecified atom stereocenters. The molecule has 1 aromatic rings. The van der Waals surface area contributed by atoms with Gasteiger partial charge in [-0.05, 0) is 18.2 Å². The van der Waals surface area contributed by atoms with E-state index in [9.17, 15) is 9.59 Å². The van der Waals surface area contributed by atoms with E-state index in [1.807, 2.05) is 0 Å². The summed E-state index contributed by atoms with van der Waals surface area (Å²) in [5.41, 5.74) is 6.79. The van der Waals surface area contributed by atoms with Crippen LogP contribution in [0, 0.1) is 5.92 Å². The lowest BCUT2D eigenvalue weighted by atomic mass is 10.1. The Labute approximate surface area is 105 Å². The van der Waals surface area contributed by atoms with Crippen molar-refractivity contribution >= 4 is 23.3 Å². The van der Waals surface area contributed by atoms with E-state index < -0.39 is 5.97 Å². The van der Waals surface area contributed by atoms with Gasteiger partial charge in [-0.15, -0.1) is 6.58 Å². The Balaban J connectivity index is 2.38. The normalized spacial score (nSPS) is 19.0. The first kappa shape index (κ1) is 12.2. The van der Waals surface area contributed by atoms with Gasteiger partial charge in [0.15, 0.2) is 0 Å². The van der Waals surface area contributed by atoms with Crippen LogP contribution in [-0.4, -0.2) is 23.5 Å². The van der Waals surface area contributed by atoms with Crippen molar-refractivity contribution < 1.29 is 14.7 Å². The number of nitrogens with zero attached hydrogens (tertiary/aromatic N) is 1. The predicted molar refractivity (Wildman–Crippen MR) is 68.5 cm³/mol. The second-order valence-corrected chi connectivity index (χ2v) is 4.28. The molecule has 1 fully saturated rings. The molecule has 2 rings (SSSR count). The van der Waals surface area contributed by atoms with Crippen LogP contribution in [-0.2, 0) is 4.79 Å². The number of anilines is 2. The van der Waals surface area contributed by atoms with E-state index in [0.29, 0.717) is 24.3 Å². The SMILES string of the molecule is C=CC1CC(=O)N(c2cc(C(=O)O)ccc2N)C1. The van der Waals surface area contributed by atoms with Gasteiger partial charge in [-0.2, -0.15) is 0 Å². The van der Waals surface area contributed by atoms with Gasteiger partial charge in [0.25, 0.3) is 0 Å². The Hall–Kier alpha value is -2.30. The third-order valence-corrected chi connectivity index (χ3v) is 3.06. The number of carboxylic acid groups (broad SMARTS) is 1. The molecule has 1 saturated heterocycles. The van der Waals surface area contributed by atoms with Gasteiger partial charge in [0.1, 0.15) is 0 Å². The van der Waals surface area contributed by atoms with Crippen molar-refractivity contribution in [2.24, 2.45) is 5.92 Å². The Morgan fingerprint density at radius 1 is 1.56 bits per heavy atom. The van der Waals surface area contributed by atoms with Crippen molar-refractivity contribution in [3.05, 3.63) is 36.4 Å². The Morgan fingerprint density at radius 2 is 2.28 bits per heavy atom. The van der Waals surface area contributed by atoms with Crippen LogP contribution in [0.4, 0.5) is 11.4 Å². The zero-order valence-corrected chi connectivity index (χ0v) is 9.80. The molecule has 0 radical (unpaired) electrons. The molecule has 1 atom stereocenters. The Morgan fingerprint density at radius 3 is 2.83 bits per heavy atom. The number of rotatable bonds is 3. The quantitative estimate of drug-likeness (QED) is 0.625. The summed E-state index contributed by atoms with van der Waals surface area (Å²) in [6.45, 7) is 4.16. The summed E-state index contributed by atoms with van der Waals surface area (Å²) >= 11 is 0. The standard InChI is InChI=1S/C13H14N2O3/c1-2-8-5-12(16)15(7-8)11-6-9(13(17)18)3-4-10(11)14/h2-4,6,8H,1,5,7,14H2,(H,17,18). The smallest absolute Gasteiger partial charge is 0.335 e. The molecule has 0 saturated carbocycles. The van der Waals surface area contributed by atoms with E-state index in [4.69, 9.17) is 10.8 Å². The molecular formula is C13H14N2O3. The second-order valence-electron chi connectivity index (χ2n) is 4.28. The number of nitrogen functional groups attached to an aromatic ring is 1. The van der Waals surface area contributed by atoms with Crippen LogP contribution in [0.3, 0.4) is 0 Å². The molecule has 94 valence electrons. The van der Waals surface area contributed by atoms with E-state index >= 15 is 0 Å². The van der Waals surface area contributed by atoms with E-state index in [-0.39, 0.29) is 17.4 Å². The average molecular weight is 246 g/mol. The van der Waals surface area contributed by atoms with E-state index in [0.717, 1.165) is 0 Å². The number of hydrogen-bond acceptors (Lipinski definition) is 3. The summed E-state index contributed by atoms with van der Waals surface area (Å²) in [6.07, 6.45) is 2.12. The molecule has 1 aliphatic heterocycles. The first-order chi connectivity index (χ1) is 8.52. The molecule has 0 aromatic heterocycles. The maximum atomic E-state index is 11.9. The van der Waals surface area contributed by atoms with Gasteiger partial charge in [0.2, 0.25) is 5.91 Å². The van der Waals surface area contributed by atoms with Crippen molar-refractivity contribution in [2.75, 3.05) is 17.2 Å². The molecule has 18 heavy (non-hydrogen) atoms. The number of amides is 1. The van der Waals surface area contributed by atoms with Gasteiger partial charge >= 0.3 is 5.97 Å². The molecule has 3 N–H and O–H groups in total. The van der Waals surface area contributed by atoms with Gasteiger partial charge in [-0.3, -0.25) is 4.79 Å². The van der Waals surface area contributed by atoms with Gasteiger partial charge in [0.05, 0.1) is 16.9 Å². The highest BCUT2D eigenvalue weighted by molar-refractivity contribution is 6.00. The average Bonchev–Trinajstić information content (AvgIpc) is 2.71. The third-order valence-electron chi connectivity index (χ3n) is 3.06. The third kappa shape index (κ3) is 2.07. The summed E-state index contributed by atoms with van der Waals surface area (Å²) in [7, 11) is 0. The first-order valence-corrected chi connectivity index (χ1v) is 5.58. The van der Waals surface area contributed by atoms with Crippen LogP contribution >= 0.6 is 0 Å². The fraction of sp³-hybridized carbons (Fsp3) is 0.231. The molecule has 5 heteroatoms. The highest BCUT2D eigenvalue weighted by Gasteiger charge is 2.30. The van der Waals surface area contributed by atoms with Crippen molar-refractivity contribution in [1.82, 2.24) is 0 Å². The largest absolute Gasteiger partial charge is 0.478 e. The maximum Gasteiger partial charge on any atom is 0.335 e. The van der Waals surface area contributed by atoms with E-state index in [1.54, 1.807) is 6.08 Å². The van der Waals surface area contributed by atoms with E-state index in [2.05, 4.69) is 6.58 Å². The fourth-order valence-electron chi connectivity index (χ4n) is 2.04. The molecule has 1 aromatic carbocycles. The minimum Gasteiger partial charge on any atom is -0.478 e. The maximum absolute atomic E-state index is 11.9. The van der Waals surface area contributed by atoms with Crippen molar-refractivity contribution in [3.63, 3.8) is 0 Å². The minimum absolute atomic E-state index is 0.0610. The lowest BCUT2D eigenvalue weighted by molar-refractivity contribution is -0.117. The van der Waals surface area contributed by atoms with Crippen molar-refractivity contribution in [2.45, 2.75) is 6.42 Å². The molecule has 0 bridgehead atoms. The lowest BCUT2D eigenvalue weighted by Gasteiger charge is -2.18. The van der Waals surface area contributed by atoms with Crippen LogP contribution in [0.15, 0.2) is 30.9 Å². The zero-order chi connectivity index (χ0) is 13.3. The number of carbonyl (C=O) groups excluding carboxylic acids is 1. The van der Waals surface area contributed by atoms with Crippen LogP contribution in [0.2, 0.25) is 0 Å². The minimum atomic E-state index is -1.04. The number of benzene rings is 1. The fourth-order valence-corrected chi connectivity index (χ4v) is 2.04. The second kappa shape index (κ2) is 4.52. The van der Waals surface area contributed by atoms with Gasteiger partial charge in [0, 0.05) is 18.9 Å². The Bertz CT molecular complexity index is 525. The van der Waals surface area contributed by atoms with Gasteiger partial charge in [-0.1, -0.05) is 6.08 Å². The monoisotopic (exact) mass is 246 g/mol. The van der Waals surface area contributed by atoms with Crippen LogP contribution in [0.25, 0.3) is 0 Å². The zero-order valence-electron chi connectivity index (χ0n) is 9.80. The summed E-state index contributed by atoms with van der Waals surface area (Å²) in [4.78, 5) is 24.3. The number of nitrogens with two attached hydrogens (primary N) is 1. The lowest BCUT2D eigenvalue weighted by Crippen LogP contribution is -2.25. The van der Waals surface area contributed by atoms with Crippen LogP contribution in [0.1, 0.15) is 16.8 Å². The molecule has 5 nitrogen and oxygen atoms in total. The number of aromatic carboxylic acids is 1. The molecule has 1 amide bonds. The highest BCUT2D eigenvalue weighted by Crippen LogP contribution is 2.31. The predicted octanol–water partition coefficient (Wildman–Crippen LogP) is 1.51. The molecular weight excluding hydrogens is 232 g/mol. The number of carboxylic acids is 1. The number of carbonyl (C=O) groups is 2. The van der Waals surface area contributed by atoms with Crippen molar-refractivity contribution in [3.8, 4) is 0 Å². The van der Waals surface area contributed by atoms with Crippen LogP contribution in [0.5, 0.6) is 0 Å². The molecule has 0 aliphatic carbocycles. The molecule has 1 heterocycles. The summed E-state index contributed by atoms with van der Waals surface area (Å²) < 4.78 is 0. The summed E-state index contributed by atoms with van der Waals surface area (Å²) in [5.74, 6) is -1.01. The summed E-state index contributed by atoms with van der Waals surface area (Å²) in [6, 6.07) is 4.36. The molecule has 1 aliphatic rings. The Kier molecular flexibility index (Phi) is 3.06. The van der Waals surface area contributed by atoms with Crippen LogP contribution < -0.4 is 10.6 Å². The molecule has 0 spiro atoms. The van der Waals surface area contributed by atoms with Crippen molar-refractivity contribution in [1.29, 1.82) is 0 Å². The summed E-state index contributed by atoms with van der Waals surface area (Å²) in [5, 5.41) is 8.95. The van der Waals surface area contributed by atoms with Gasteiger partial charge in [-0.25, -0.2) is 4.79 Å². The number of hydrogen-bond donors (Lipinski definition) is 2. The first-order valence-electron chi connectivity index (χ1n) is 5.58. The van der Waals surface area contributed by atoms with E-state index in [1.165, 1.54) is 23.1 Å². The van der Waals surface area contributed by atoms with Gasteiger partial charge < -0.3 is 15.7 Å². The topological polar surface area (TPSA) is 83.6 Å². The highest BCUT2D eigenvalue weighted by atomic mass is 16.4.